The number of nitrogens with zero attached hydrogens (tertiary/aromatic N) is 2. The number of carbonyl (C=O) groups is 2. The van der Waals surface area contributed by atoms with E-state index in [2.05, 4.69) is 4.98 Å². The molecule has 116 valence electrons. The number of thiazole rings is 1. The van der Waals surface area contributed by atoms with E-state index in [1.165, 1.54) is 42.3 Å². The molecule has 1 aromatic heterocycles. The molecule has 5 nitrogen and oxygen atoms in total. The Balaban J connectivity index is 2.09. The van der Waals surface area contributed by atoms with E-state index in [0.29, 0.717) is 16.3 Å². The summed E-state index contributed by atoms with van der Waals surface area (Å²) in [4.78, 5) is 28.4. The standard InChI is InChI=1S/C15H15FN2O3S/c1-9(15(20)21)18(2)13(19)7-12-8-22-14(17-12)10-4-3-5-11(16)6-10/h3-6,8-9H,7H2,1-2H3,(H,20,21). The molecule has 2 rings (SSSR count). The zero-order valence-electron chi connectivity index (χ0n) is 12.1. The number of carboxylic acids is 1. The van der Waals surface area contributed by atoms with Gasteiger partial charge < -0.3 is 10.0 Å². The number of benzene rings is 1. The Bertz CT molecular complexity index is 702. The fraction of sp³-hybridized carbons (Fsp3) is 0.267. The lowest BCUT2D eigenvalue weighted by Gasteiger charge is -2.20. The molecule has 1 aromatic carbocycles. The first-order valence-electron chi connectivity index (χ1n) is 6.57. The fourth-order valence-corrected chi connectivity index (χ4v) is 2.62. The zero-order chi connectivity index (χ0) is 16.3. The van der Waals surface area contributed by atoms with Gasteiger partial charge in [0.15, 0.2) is 0 Å². The molecule has 1 unspecified atom stereocenters. The molecule has 0 radical (unpaired) electrons. The van der Waals surface area contributed by atoms with E-state index >= 15 is 0 Å². The van der Waals surface area contributed by atoms with Crippen LogP contribution in [-0.2, 0) is 16.0 Å². The summed E-state index contributed by atoms with van der Waals surface area (Å²) in [5.41, 5.74) is 1.19. The molecule has 0 aliphatic rings. The highest BCUT2D eigenvalue weighted by atomic mass is 32.1. The number of likely N-dealkylation sites (N-methyl/N-ethyl adjacent to an activating group) is 1. The van der Waals surface area contributed by atoms with Gasteiger partial charge in [-0.05, 0) is 19.1 Å². The number of hydrogen-bond acceptors (Lipinski definition) is 4. The van der Waals surface area contributed by atoms with E-state index in [1.54, 1.807) is 17.5 Å². The molecule has 0 aliphatic heterocycles. The van der Waals surface area contributed by atoms with Crippen LogP contribution in [0.5, 0.6) is 0 Å². The molecule has 0 spiro atoms. The zero-order valence-corrected chi connectivity index (χ0v) is 12.9. The summed E-state index contributed by atoms with van der Waals surface area (Å²) in [7, 11) is 1.45. The average Bonchev–Trinajstić information content (AvgIpc) is 2.94. The van der Waals surface area contributed by atoms with E-state index in [0.717, 1.165) is 0 Å². The van der Waals surface area contributed by atoms with Crippen LogP contribution in [0.2, 0.25) is 0 Å². The van der Waals surface area contributed by atoms with Crippen LogP contribution in [0.1, 0.15) is 12.6 Å². The van der Waals surface area contributed by atoms with Crippen LogP contribution in [0, 0.1) is 5.82 Å². The molecule has 2 aromatic rings. The van der Waals surface area contributed by atoms with Crippen molar-refractivity contribution in [3.8, 4) is 10.6 Å². The van der Waals surface area contributed by atoms with Gasteiger partial charge in [0.25, 0.3) is 0 Å². The molecule has 0 saturated heterocycles. The molecular formula is C15H15FN2O3S. The maximum atomic E-state index is 13.2. The van der Waals surface area contributed by atoms with Gasteiger partial charge in [0.2, 0.25) is 5.91 Å². The molecule has 7 heteroatoms. The Morgan fingerprint density at radius 1 is 1.45 bits per heavy atom. The minimum Gasteiger partial charge on any atom is -0.480 e. The molecule has 0 fully saturated rings. The van der Waals surface area contributed by atoms with E-state index in [-0.39, 0.29) is 18.1 Å². The average molecular weight is 322 g/mol. The van der Waals surface area contributed by atoms with Crippen LogP contribution in [0.3, 0.4) is 0 Å². The van der Waals surface area contributed by atoms with Gasteiger partial charge in [0, 0.05) is 18.0 Å². The lowest BCUT2D eigenvalue weighted by Crippen LogP contribution is -2.41. The maximum Gasteiger partial charge on any atom is 0.326 e. The second kappa shape index (κ2) is 6.65. The third kappa shape index (κ3) is 3.67. The van der Waals surface area contributed by atoms with Crippen molar-refractivity contribution in [2.75, 3.05) is 7.05 Å². The van der Waals surface area contributed by atoms with Crippen molar-refractivity contribution >= 4 is 23.2 Å². The first kappa shape index (κ1) is 16.1. The van der Waals surface area contributed by atoms with Crippen molar-refractivity contribution in [1.29, 1.82) is 0 Å². The highest BCUT2D eigenvalue weighted by molar-refractivity contribution is 7.13. The monoisotopic (exact) mass is 322 g/mol. The Kier molecular flexibility index (Phi) is 4.87. The van der Waals surface area contributed by atoms with Crippen LogP contribution in [0.4, 0.5) is 4.39 Å². The number of aromatic nitrogens is 1. The quantitative estimate of drug-likeness (QED) is 0.918. The molecule has 0 aliphatic carbocycles. The molecule has 0 saturated carbocycles. The van der Waals surface area contributed by atoms with E-state index in [1.807, 2.05) is 0 Å². The van der Waals surface area contributed by atoms with Crippen molar-refractivity contribution in [2.45, 2.75) is 19.4 Å². The van der Waals surface area contributed by atoms with Crippen molar-refractivity contribution in [2.24, 2.45) is 0 Å². The van der Waals surface area contributed by atoms with Gasteiger partial charge >= 0.3 is 5.97 Å². The van der Waals surface area contributed by atoms with E-state index in [4.69, 9.17) is 5.11 Å². The summed E-state index contributed by atoms with van der Waals surface area (Å²) in [5, 5.41) is 11.2. The summed E-state index contributed by atoms with van der Waals surface area (Å²) in [5.74, 6) is -1.74. The Morgan fingerprint density at radius 2 is 2.18 bits per heavy atom. The third-order valence-electron chi connectivity index (χ3n) is 3.29. The number of carboxylic acid groups (broad SMARTS) is 1. The first-order chi connectivity index (χ1) is 10.4. The van der Waals surface area contributed by atoms with E-state index in [9.17, 15) is 14.0 Å². The van der Waals surface area contributed by atoms with Crippen molar-refractivity contribution in [3.05, 3.63) is 41.2 Å². The van der Waals surface area contributed by atoms with Gasteiger partial charge in [-0.2, -0.15) is 0 Å². The lowest BCUT2D eigenvalue weighted by atomic mass is 10.2. The highest BCUT2D eigenvalue weighted by Gasteiger charge is 2.22. The van der Waals surface area contributed by atoms with Crippen molar-refractivity contribution < 1.29 is 19.1 Å². The Morgan fingerprint density at radius 3 is 2.82 bits per heavy atom. The third-order valence-corrected chi connectivity index (χ3v) is 4.23. The molecule has 1 heterocycles. The van der Waals surface area contributed by atoms with Crippen molar-refractivity contribution in [1.82, 2.24) is 9.88 Å². The number of aliphatic carboxylic acids is 1. The second-order valence-electron chi connectivity index (χ2n) is 4.85. The Hall–Kier alpha value is -2.28. The summed E-state index contributed by atoms with van der Waals surface area (Å²) >= 11 is 1.31. The van der Waals surface area contributed by atoms with Gasteiger partial charge in [-0.1, -0.05) is 12.1 Å². The highest BCUT2D eigenvalue weighted by Crippen LogP contribution is 2.24. The smallest absolute Gasteiger partial charge is 0.326 e. The lowest BCUT2D eigenvalue weighted by molar-refractivity contribution is -0.148. The van der Waals surface area contributed by atoms with Gasteiger partial charge in [-0.3, -0.25) is 4.79 Å². The molecule has 1 amide bonds. The summed E-state index contributed by atoms with van der Waals surface area (Å²) in [6, 6.07) is 5.17. The normalized spacial score (nSPS) is 12.0. The number of carbonyl (C=O) groups excluding carboxylic acids is 1. The largest absolute Gasteiger partial charge is 0.480 e. The summed E-state index contributed by atoms with van der Waals surface area (Å²) in [6.07, 6.45) is 0.0138. The summed E-state index contributed by atoms with van der Waals surface area (Å²) < 4.78 is 13.2. The van der Waals surface area contributed by atoms with Gasteiger partial charge in [-0.15, -0.1) is 11.3 Å². The topological polar surface area (TPSA) is 70.5 Å². The van der Waals surface area contributed by atoms with E-state index < -0.39 is 12.0 Å². The molecule has 1 atom stereocenters. The van der Waals surface area contributed by atoms with Crippen LogP contribution in [0.25, 0.3) is 10.6 Å². The Labute approximate surface area is 131 Å². The van der Waals surface area contributed by atoms with Gasteiger partial charge in [-0.25, -0.2) is 14.2 Å². The maximum absolute atomic E-state index is 13.2. The van der Waals surface area contributed by atoms with Crippen LogP contribution >= 0.6 is 11.3 Å². The number of halogens is 1. The predicted octanol–water partition coefficient (Wildman–Crippen LogP) is 2.42. The number of amides is 1. The summed E-state index contributed by atoms with van der Waals surface area (Å²) in [6.45, 7) is 1.44. The molecular weight excluding hydrogens is 307 g/mol. The van der Waals surface area contributed by atoms with Crippen LogP contribution in [0.15, 0.2) is 29.6 Å². The second-order valence-corrected chi connectivity index (χ2v) is 5.71. The van der Waals surface area contributed by atoms with Crippen LogP contribution < -0.4 is 0 Å². The number of hydrogen-bond donors (Lipinski definition) is 1. The van der Waals surface area contributed by atoms with Crippen molar-refractivity contribution in [3.63, 3.8) is 0 Å². The minimum absolute atomic E-state index is 0.0138. The van der Waals surface area contributed by atoms with Crippen LogP contribution in [-0.4, -0.2) is 40.0 Å². The first-order valence-corrected chi connectivity index (χ1v) is 7.45. The molecule has 1 N–H and O–H groups in total. The van der Waals surface area contributed by atoms with Gasteiger partial charge in [0.05, 0.1) is 12.1 Å². The molecule has 22 heavy (non-hydrogen) atoms. The minimum atomic E-state index is -1.06. The predicted molar refractivity (Wildman–Crippen MR) is 81.1 cm³/mol. The fourth-order valence-electron chi connectivity index (χ4n) is 1.80. The SMILES string of the molecule is CC(C(=O)O)N(C)C(=O)Cc1csc(-c2cccc(F)c2)n1. The van der Waals surface area contributed by atoms with Gasteiger partial charge in [0.1, 0.15) is 16.9 Å². The number of rotatable bonds is 5. The molecule has 0 bridgehead atoms.